The lowest BCUT2D eigenvalue weighted by atomic mass is 9.93. The zero-order chi connectivity index (χ0) is 19.7. The summed E-state index contributed by atoms with van der Waals surface area (Å²) >= 11 is 0. The highest BCUT2D eigenvalue weighted by atomic mass is 16.5. The van der Waals surface area contributed by atoms with E-state index >= 15 is 0 Å². The lowest BCUT2D eigenvalue weighted by Gasteiger charge is -2.28. The highest BCUT2D eigenvalue weighted by Crippen LogP contribution is 2.27. The van der Waals surface area contributed by atoms with Gasteiger partial charge < -0.3 is 19.5 Å². The van der Waals surface area contributed by atoms with Crippen LogP contribution in [0.15, 0.2) is 18.2 Å². The molecule has 0 aromatic heterocycles. The number of ether oxygens (including phenoxy) is 3. The molecule has 0 saturated heterocycles. The molecular formula is C20H31NO5. The monoisotopic (exact) mass is 365 g/mol. The van der Waals surface area contributed by atoms with E-state index in [0.717, 1.165) is 6.42 Å². The van der Waals surface area contributed by atoms with Crippen LogP contribution in [0.2, 0.25) is 0 Å². The molecule has 1 aromatic rings. The van der Waals surface area contributed by atoms with Crippen molar-refractivity contribution >= 4 is 17.6 Å². The van der Waals surface area contributed by atoms with Gasteiger partial charge in [0, 0.05) is 12.8 Å². The Morgan fingerprint density at radius 2 is 1.92 bits per heavy atom. The first kappa shape index (κ1) is 22.0. The second-order valence-corrected chi connectivity index (χ2v) is 6.77. The van der Waals surface area contributed by atoms with Crippen LogP contribution in [0.25, 0.3) is 0 Å². The Bertz CT molecular complexity index is 614. The van der Waals surface area contributed by atoms with Gasteiger partial charge in [0.25, 0.3) is 5.91 Å². The first-order valence-electron chi connectivity index (χ1n) is 9.07. The first-order chi connectivity index (χ1) is 12.3. The van der Waals surface area contributed by atoms with E-state index in [1.165, 1.54) is 7.11 Å². The van der Waals surface area contributed by atoms with Gasteiger partial charge in [-0.25, -0.2) is 4.79 Å². The molecule has 0 spiro atoms. The van der Waals surface area contributed by atoms with Gasteiger partial charge in [-0.05, 0) is 50.8 Å². The number of hydrogen-bond donors (Lipinski definition) is 1. The number of carbonyl (C=O) groups excluding carboxylic acids is 2. The molecule has 0 saturated carbocycles. The van der Waals surface area contributed by atoms with Crippen LogP contribution in [-0.4, -0.2) is 37.8 Å². The molecule has 0 fully saturated rings. The van der Waals surface area contributed by atoms with E-state index in [9.17, 15) is 9.59 Å². The normalized spacial score (nSPS) is 13.2. The predicted octanol–water partition coefficient (Wildman–Crippen LogP) is 4.04. The van der Waals surface area contributed by atoms with Crippen molar-refractivity contribution in [3.8, 4) is 5.75 Å². The minimum absolute atomic E-state index is 0.259. The minimum atomic E-state index is -0.949. The standard InChI is InChI=1S/C20H31NO5/c1-7-11-26-17-10-9-15(12-16(17)18(22)25-8-2)21-19(23)20(5,24-6)13-14(3)4/h9-10,12,14H,7-8,11,13H2,1-6H3,(H,21,23)/t20-/m0/s1. The van der Waals surface area contributed by atoms with Crippen molar-refractivity contribution < 1.29 is 23.8 Å². The van der Waals surface area contributed by atoms with Gasteiger partial charge in [0.2, 0.25) is 0 Å². The second-order valence-electron chi connectivity index (χ2n) is 6.77. The number of nitrogens with one attached hydrogen (secondary N) is 1. The maximum absolute atomic E-state index is 12.7. The lowest BCUT2D eigenvalue weighted by Crippen LogP contribution is -2.43. The fraction of sp³-hybridized carbons (Fsp3) is 0.600. The predicted molar refractivity (Wildman–Crippen MR) is 102 cm³/mol. The fourth-order valence-electron chi connectivity index (χ4n) is 2.63. The van der Waals surface area contributed by atoms with Crippen LogP contribution < -0.4 is 10.1 Å². The van der Waals surface area contributed by atoms with Gasteiger partial charge in [0.1, 0.15) is 16.9 Å². The number of hydrogen-bond acceptors (Lipinski definition) is 5. The summed E-state index contributed by atoms with van der Waals surface area (Å²) in [5.41, 5.74) is -0.162. The summed E-state index contributed by atoms with van der Waals surface area (Å²) in [4.78, 5) is 24.9. The molecule has 26 heavy (non-hydrogen) atoms. The summed E-state index contributed by atoms with van der Waals surface area (Å²) in [7, 11) is 1.52. The third-order valence-electron chi connectivity index (χ3n) is 3.92. The van der Waals surface area contributed by atoms with Gasteiger partial charge >= 0.3 is 5.97 Å². The summed E-state index contributed by atoms with van der Waals surface area (Å²) in [5, 5.41) is 2.83. The van der Waals surface area contributed by atoms with Crippen LogP contribution in [0.4, 0.5) is 5.69 Å². The van der Waals surface area contributed by atoms with Crippen molar-refractivity contribution in [3.05, 3.63) is 23.8 Å². The summed E-state index contributed by atoms with van der Waals surface area (Å²) < 4.78 is 16.2. The highest BCUT2D eigenvalue weighted by molar-refractivity contribution is 5.99. The van der Waals surface area contributed by atoms with Crippen LogP contribution in [-0.2, 0) is 14.3 Å². The van der Waals surface area contributed by atoms with E-state index in [-0.39, 0.29) is 12.5 Å². The molecule has 0 aliphatic rings. The van der Waals surface area contributed by atoms with Gasteiger partial charge in [-0.3, -0.25) is 4.79 Å². The third-order valence-corrected chi connectivity index (χ3v) is 3.92. The van der Waals surface area contributed by atoms with Crippen LogP contribution in [0.3, 0.4) is 0 Å². The summed E-state index contributed by atoms with van der Waals surface area (Å²) in [5.74, 6) is 0.00252. The smallest absolute Gasteiger partial charge is 0.341 e. The molecule has 6 heteroatoms. The van der Waals surface area contributed by atoms with Gasteiger partial charge in [-0.1, -0.05) is 20.8 Å². The number of benzene rings is 1. The molecule has 146 valence electrons. The molecule has 6 nitrogen and oxygen atoms in total. The van der Waals surface area contributed by atoms with Gasteiger partial charge in [-0.15, -0.1) is 0 Å². The van der Waals surface area contributed by atoms with Crippen LogP contribution in [0, 0.1) is 5.92 Å². The van der Waals surface area contributed by atoms with Crippen LogP contribution in [0.5, 0.6) is 5.75 Å². The van der Waals surface area contributed by atoms with E-state index < -0.39 is 11.6 Å². The zero-order valence-corrected chi connectivity index (χ0v) is 16.7. The molecule has 0 aliphatic carbocycles. The van der Waals surface area contributed by atoms with E-state index in [0.29, 0.717) is 35.9 Å². The SMILES string of the molecule is CCCOc1ccc(NC(=O)[C@](C)(CC(C)C)OC)cc1C(=O)OCC. The molecule has 1 atom stereocenters. The van der Waals surface area contributed by atoms with Crippen molar-refractivity contribution in [2.75, 3.05) is 25.6 Å². The van der Waals surface area contributed by atoms with E-state index in [1.54, 1.807) is 32.0 Å². The molecule has 0 aliphatic heterocycles. The second kappa shape index (κ2) is 10.2. The van der Waals surface area contributed by atoms with Crippen LogP contribution >= 0.6 is 0 Å². The number of rotatable bonds is 10. The van der Waals surface area contributed by atoms with Crippen molar-refractivity contribution in [1.82, 2.24) is 0 Å². The molecule has 1 N–H and O–H groups in total. The summed E-state index contributed by atoms with van der Waals surface area (Å²) in [6.45, 7) is 10.3. The van der Waals surface area contributed by atoms with Crippen LogP contribution in [0.1, 0.15) is 57.8 Å². The molecule has 0 radical (unpaired) electrons. The molecule has 1 aromatic carbocycles. The van der Waals surface area contributed by atoms with Crippen molar-refractivity contribution in [1.29, 1.82) is 0 Å². The van der Waals surface area contributed by atoms with Crippen molar-refractivity contribution in [2.24, 2.45) is 5.92 Å². The Labute approximate surface area is 156 Å². The number of methoxy groups -OCH3 is 1. The lowest BCUT2D eigenvalue weighted by molar-refractivity contribution is -0.137. The first-order valence-corrected chi connectivity index (χ1v) is 9.07. The quantitative estimate of drug-likeness (QED) is 0.633. The van der Waals surface area contributed by atoms with E-state index in [1.807, 2.05) is 20.8 Å². The Balaban J connectivity index is 3.07. The van der Waals surface area contributed by atoms with Gasteiger partial charge in [0.05, 0.1) is 13.2 Å². The molecule has 0 unspecified atom stereocenters. The molecule has 0 heterocycles. The number of amides is 1. The summed E-state index contributed by atoms with van der Waals surface area (Å²) in [6.07, 6.45) is 1.40. The van der Waals surface area contributed by atoms with Gasteiger partial charge in [0.15, 0.2) is 0 Å². The van der Waals surface area contributed by atoms with Gasteiger partial charge in [-0.2, -0.15) is 0 Å². The molecular weight excluding hydrogens is 334 g/mol. The average Bonchev–Trinajstić information content (AvgIpc) is 2.59. The maximum Gasteiger partial charge on any atom is 0.341 e. The van der Waals surface area contributed by atoms with Crippen molar-refractivity contribution in [2.45, 2.75) is 53.1 Å². The summed E-state index contributed by atoms with van der Waals surface area (Å²) in [6, 6.07) is 4.95. The Hall–Kier alpha value is -2.08. The highest BCUT2D eigenvalue weighted by Gasteiger charge is 2.34. The Morgan fingerprint density at radius 1 is 1.23 bits per heavy atom. The fourth-order valence-corrected chi connectivity index (χ4v) is 2.63. The Kier molecular flexibility index (Phi) is 8.58. The van der Waals surface area contributed by atoms with E-state index in [4.69, 9.17) is 14.2 Å². The number of esters is 1. The molecule has 1 amide bonds. The topological polar surface area (TPSA) is 73.9 Å². The molecule has 1 rings (SSSR count). The van der Waals surface area contributed by atoms with E-state index in [2.05, 4.69) is 5.32 Å². The van der Waals surface area contributed by atoms with Crippen molar-refractivity contribution in [3.63, 3.8) is 0 Å². The maximum atomic E-state index is 12.7. The zero-order valence-electron chi connectivity index (χ0n) is 16.7. The molecule has 0 bridgehead atoms. The Morgan fingerprint density at radius 3 is 2.46 bits per heavy atom. The third kappa shape index (κ3) is 6.02. The number of carbonyl (C=O) groups is 2. The minimum Gasteiger partial charge on any atom is -0.493 e. The average molecular weight is 365 g/mol. The largest absolute Gasteiger partial charge is 0.493 e. The number of anilines is 1.